The number of fused-ring (bicyclic) bond motifs is 1. The van der Waals surface area contributed by atoms with Gasteiger partial charge in [0, 0.05) is 22.2 Å². The Bertz CT molecular complexity index is 1490. The Balaban J connectivity index is 1.95. The first-order chi connectivity index (χ1) is 15.9. The molecule has 0 saturated heterocycles. The van der Waals surface area contributed by atoms with Gasteiger partial charge in [-0.2, -0.15) is 0 Å². The molecule has 13 heteroatoms. The number of benzene rings is 3. The summed E-state index contributed by atoms with van der Waals surface area (Å²) in [6, 6.07) is 13.7. The minimum Gasteiger partial charge on any atom is -0.448 e. The van der Waals surface area contributed by atoms with E-state index in [1.807, 2.05) is 0 Å². The monoisotopic (exact) mass is 569 g/mol. The van der Waals surface area contributed by atoms with Gasteiger partial charge < -0.3 is 4.74 Å². The van der Waals surface area contributed by atoms with Gasteiger partial charge in [0.1, 0.15) is 0 Å². The molecule has 0 aliphatic carbocycles. The van der Waals surface area contributed by atoms with Gasteiger partial charge in [-0.05, 0) is 36.4 Å². The third-order valence-corrected chi connectivity index (χ3v) is 10.9. The number of hydrogen-bond acceptors (Lipinski definition) is 8. The predicted octanol–water partition coefficient (Wildman–Crippen LogP) is 4.14. The van der Waals surface area contributed by atoms with Crippen LogP contribution in [0.15, 0.2) is 87.1 Å². The number of nitrogens with zero attached hydrogens (tertiary/aromatic N) is 1. The van der Waals surface area contributed by atoms with Crippen LogP contribution in [0.2, 0.25) is 0 Å². The highest BCUT2D eigenvalue weighted by Gasteiger charge is 2.70. The van der Waals surface area contributed by atoms with E-state index in [2.05, 4.69) is 15.9 Å². The number of esters is 1. The van der Waals surface area contributed by atoms with Crippen molar-refractivity contribution in [1.29, 1.82) is 0 Å². The molecule has 1 atom stereocenters. The number of carbonyl (C=O) groups is 1. The van der Waals surface area contributed by atoms with Gasteiger partial charge in [0.15, 0.2) is 6.10 Å². The lowest BCUT2D eigenvalue weighted by atomic mass is 10.1. The van der Waals surface area contributed by atoms with Crippen molar-refractivity contribution in [3.63, 3.8) is 0 Å². The summed E-state index contributed by atoms with van der Waals surface area (Å²) in [7, 11) is -10.6. The van der Waals surface area contributed by atoms with E-state index in [0.29, 0.717) is 4.47 Å². The maximum atomic E-state index is 16.7. The highest BCUT2D eigenvalue weighted by Crippen LogP contribution is 2.54. The number of hydrogen-bond donors (Lipinski definition) is 0. The molecule has 0 amide bonds. The zero-order chi connectivity index (χ0) is 24.9. The van der Waals surface area contributed by atoms with Gasteiger partial charge in [-0.25, -0.2) is 26.0 Å². The van der Waals surface area contributed by atoms with Gasteiger partial charge in [0.25, 0.3) is 5.69 Å². The summed E-state index contributed by atoms with van der Waals surface area (Å²) >= 11 is 3.18. The largest absolute Gasteiger partial charge is 0.448 e. The summed E-state index contributed by atoms with van der Waals surface area (Å²) in [5.74, 6) is -1.23. The second kappa shape index (κ2) is 8.25. The van der Waals surface area contributed by atoms with Gasteiger partial charge in [0.05, 0.1) is 20.3 Å². The first kappa shape index (κ1) is 24.0. The molecule has 34 heavy (non-hydrogen) atoms. The third-order valence-electron chi connectivity index (χ3n) is 5.16. The molecular weight excluding hydrogens is 557 g/mol. The minimum atomic E-state index is -5.28. The Labute approximate surface area is 201 Å². The summed E-state index contributed by atoms with van der Waals surface area (Å²) in [4.78, 5) is 21.6. The fraction of sp³-hybridized carbons (Fsp3) is 0.0952. The van der Waals surface area contributed by atoms with Crippen LogP contribution < -0.4 is 0 Å². The summed E-state index contributed by atoms with van der Waals surface area (Å²) < 4.78 is 71.2. The van der Waals surface area contributed by atoms with Crippen LogP contribution in [-0.4, -0.2) is 32.1 Å². The van der Waals surface area contributed by atoms with Crippen LogP contribution in [0, 0.1) is 10.1 Å². The lowest BCUT2D eigenvalue weighted by Crippen LogP contribution is -2.44. The van der Waals surface area contributed by atoms with Crippen LogP contribution in [0.1, 0.15) is 22.0 Å². The van der Waals surface area contributed by atoms with Crippen molar-refractivity contribution in [2.24, 2.45) is 0 Å². The summed E-state index contributed by atoms with van der Waals surface area (Å²) in [5, 5.41) is 11.2. The molecule has 0 unspecified atom stereocenters. The maximum Gasteiger partial charge on any atom is 0.357 e. The van der Waals surface area contributed by atoms with Crippen molar-refractivity contribution >= 4 is 47.3 Å². The van der Waals surface area contributed by atoms with Gasteiger partial charge in [-0.3, -0.25) is 10.1 Å². The number of alkyl halides is 1. The lowest BCUT2D eigenvalue weighted by molar-refractivity contribution is -0.385. The number of halogens is 2. The van der Waals surface area contributed by atoms with E-state index in [-0.39, 0.29) is 5.56 Å². The van der Waals surface area contributed by atoms with Crippen LogP contribution in [0.5, 0.6) is 0 Å². The Morgan fingerprint density at radius 2 is 1.50 bits per heavy atom. The molecule has 1 aliphatic rings. The van der Waals surface area contributed by atoms with E-state index in [0.717, 1.165) is 36.4 Å². The Hall–Kier alpha value is -3.16. The molecule has 0 aromatic heterocycles. The molecule has 1 heterocycles. The molecule has 3 aromatic rings. The molecule has 0 bridgehead atoms. The van der Waals surface area contributed by atoms with Gasteiger partial charge in [0.2, 0.25) is 19.7 Å². The lowest BCUT2D eigenvalue weighted by Gasteiger charge is -2.28. The van der Waals surface area contributed by atoms with E-state index < -0.39 is 62.0 Å². The standard InChI is InChI=1S/C21H13BrFNO8S2/c22-15-10-8-13(9-11-15)20(25)32-19(14-4-3-5-16(12-14)24(26)27)21(23)33(28,29)17-6-1-2-7-18(17)34(21,30)31/h1-12,19H/t19-/m1/s1. The minimum absolute atomic E-state index is 0.132. The van der Waals surface area contributed by atoms with Crippen LogP contribution in [0.4, 0.5) is 10.1 Å². The first-order valence-electron chi connectivity index (χ1n) is 9.39. The number of ether oxygens (including phenoxy) is 1. The second-order valence-electron chi connectivity index (χ2n) is 7.18. The molecule has 0 N–H and O–H groups in total. The molecule has 1 aliphatic heterocycles. The van der Waals surface area contributed by atoms with E-state index in [1.165, 1.54) is 36.4 Å². The summed E-state index contributed by atoms with van der Waals surface area (Å²) in [6.07, 6.45) is -2.58. The molecule has 0 spiro atoms. The van der Waals surface area contributed by atoms with Crippen LogP contribution >= 0.6 is 15.9 Å². The van der Waals surface area contributed by atoms with Crippen molar-refractivity contribution in [3.8, 4) is 0 Å². The Morgan fingerprint density at radius 1 is 0.941 bits per heavy atom. The fourth-order valence-electron chi connectivity index (χ4n) is 3.52. The average molecular weight is 570 g/mol. The smallest absolute Gasteiger partial charge is 0.357 e. The number of rotatable bonds is 5. The average Bonchev–Trinajstić information content (AvgIpc) is 2.93. The number of nitro groups is 1. The van der Waals surface area contributed by atoms with Gasteiger partial charge >= 0.3 is 10.3 Å². The van der Waals surface area contributed by atoms with Crippen molar-refractivity contribution in [2.75, 3.05) is 0 Å². The van der Waals surface area contributed by atoms with E-state index in [9.17, 15) is 31.7 Å². The van der Waals surface area contributed by atoms with Crippen LogP contribution in [0.25, 0.3) is 0 Å². The summed E-state index contributed by atoms with van der Waals surface area (Å²) in [6.45, 7) is 0. The molecule has 4 rings (SSSR count). The topological polar surface area (TPSA) is 138 Å². The van der Waals surface area contributed by atoms with E-state index in [1.54, 1.807) is 0 Å². The molecule has 3 aromatic carbocycles. The molecule has 0 radical (unpaired) electrons. The third kappa shape index (κ3) is 3.51. The van der Waals surface area contributed by atoms with Crippen LogP contribution in [0.3, 0.4) is 0 Å². The van der Waals surface area contributed by atoms with Crippen molar-refractivity contribution < 1.29 is 35.7 Å². The number of sulfone groups is 2. The molecular formula is C21H13BrFNO8S2. The Morgan fingerprint density at radius 3 is 2.03 bits per heavy atom. The molecule has 9 nitrogen and oxygen atoms in total. The van der Waals surface area contributed by atoms with Crippen LogP contribution in [-0.2, 0) is 24.4 Å². The number of nitro benzene ring substituents is 1. The maximum absolute atomic E-state index is 16.7. The van der Waals surface area contributed by atoms with E-state index >= 15 is 4.39 Å². The predicted molar refractivity (Wildman–Crippen MR) is 120 cm³/mol. The SMILES string of the molecule is O=C(O[C@H](c1cccc([N+](=O)[O-])c1)C1(F)S(=O)(=O)c2ccccc2S1(=O)=O)c1ccc(Br)cc1. The first-order valence-corrected chi connectivity index (χ1v) is 13.2. The quantitative estimate of drug-likeness (QED) is 0.254. The Kier molecular flexibility index (Phi) is 5.82. The normalized spacial score (nSPS) is 17.9. The fourth-order valence-corrected chi connectivity index (χ4v) is 8.85. The zero-order valence-corrected chi connectivity index (χ0v) is 20.0. The molecule has 176 valence electrons. The van der Waals surface area contributed by atoms with Crippen molar-refractivity contribution in [1.82, 2.24) is 0 Å². The number of non-ortho nitro benzene ring substituents is 1. The number of carbonyl (C=O) groups excluding carboxylic acids is 1. The molecule has 0 saturated carbocycles. The van der Waals surface area contributed by atoms with Crippen molar-refractivity contribution in [3.05, 3.63) is 98.5 Å². The highest BCUT2D eigenvalue weighted by atomic mass is 79.9. The van der Waals surface area contributed by atoms with E-state index in [4.69, 9.17) is 4.74 Å². The highest BCUT2D eigenvalue weighted by molar-refractivity contribution is 9.10. The summed E-state index contributed by atoms with van der Waals surface area (Å²) in [5.41, 5.74) is -1.24. The van der Waals surface area contributed by atoms with Gasteiger partial charge in [-0.1, -0.05) is 40.2 Å². The van der Waals surface area contributed by atoms with Gasteiger partial charge in [-0.15, -0.1) is 0 Å². The van der Waals surface area contributed by atoms with Crippen molar-refractivity contribution in [2.45, 2.75) is 20.2 Å². The second-order valence-corrected chi connectivity index (χ2v) is 12.4. The molecule has 0 fully saturated rings. The zero-order valence-electron chi connectivity index (χ0n) is 16.8.